The zero-order valence-corrected chi connectivity index (χ0v) is 12.1. The molecule has 0 fully saturated rings. The van der Waals surface area contributed by atoms with Crippen LogP contribution in [0, 0.1) is 11.3 Å². The van der Waals surface area contributed by atoms with Gasteiger partial charge in [0.25, 0.3) is 0 Å². The number of nitrogens with zero attached hydrogens (tertiary/aromatic N) is 2. The maximum atomic E-state index is 8.93. The van der Waals surface area contributed by atoms with Crippen molar-refractivity contribution in [2.75, 3.05) is 27.3 Å². The van der Waals surface area contributed by atoms with Gasteiger partial charge in [-0.2, -0.15) is 5.26 Å². The van der Waals surface area contributed by atoms with Crippen LogP contribution in [0.25, 0.3) is 0 Å². The van der Waals surface area contributed by atoms with Gasteiger partial charge in [0.15, 0.2) is 0 Å². The van der Waals surface area contributed by atoms with Gasteiger partial charge in [-0.3, -0.25) is 4.90 Å². The minimum Gasteiger partial charge on any atom is -0.495 e. The molecule has 0 atom stereocenters. The summed E-state index contributed by atoms with van der Waals surface area (Å²) in [4.78, 5) is 2.18. The minimum absolute atomic E-state index is 0.267. The van der Waals surface area contributed by atoms with Gasteiger partial charge in [0, 0.05) is 13.1 Å². The molecule has 0 radical (unpaired) electrons. The van der Waals surface area contributed by atoms with E-state index in [2.05, 4.69) is 11.0 Å². The van der Waals surface area contributed by atoms with Crippen molar-refractivity contribution < 1.29 is 9.47 Å². The number of hydrogen-bond acceptors (Lipinski definition) is 4. The van der Waals surface area contributed by atoms with Gasteiger partial charge < -0.3 is 9.47 Å². The molecule has 0 amide bonds. The van der Waals surface area contributed by atoms with E-state index in [4.69, 9.17) is 14.7 Å². The van der Waals surface area contributed by atoms with E-state index in [9.17, 15) is 0 Å². The summed E-state index contributed by atoms with van der Waals surface area (Å²) in [6, 6.07) is 7.79. The summed E-state index contributed by atoms with van der Waals surface area (Å²) >= 11 is 0. The monoisotopic (exact) mass is 262 g/mol. The summed E-state index contributed by atoms with van der Waals surface area (Å²) in [5, 5.41) is 8.93. The highest BCUT2D eigenvalue weighted by Crippen LogP contribution is 2.19. The highest BCUT2D eigenvalue weighted by atomic mass is 16.5. The number of rotatable bonds is 7. The van der Waals surface area contributed by atoms with Crippen LogP contribution in [0.2, 0.25) is 0 Å². The van der Waals surface area contributed by atoms with Crippen molar-refractivity contribution in [3.63, 3.8) is 0 Å². The van der Waals surface area contributed by atoms with Crippen molar-refractivity contribution in [1.82, 2.24) is 4.90 Å². The number of ether oxygens (including phenoxy) is 2. The van der Waals surface area contributed by atoms with E-state index in [1.54, 1.807) is 13.2 Å². The van der Waals surface area contributed by atoms with Crippen molar-refractivity contribution in [3.05, 3.63) is 29.3 Å². The Morgan fingerprint density at radius 3 is 2.68 bits per heavy atom. The second kappa shape index (κ2) is 7.78. The Kier molecular flexibility index (Phi) is 6.34. The van der Waals surface area contributed by atoms with E-state index in [0.29, 0.717) is 11.3 Å². The van der Waals surface area contributed by atoms with Crippen molar-refractivity contribution in [2.24, 2.45) is 0 Å². The maximum absolute atomic E-state index is 8.93. The van der Waals surface area contributed by atoms with Crippen LogP contribution in [-0.2, 0) is 11.3 Å². The predicted octanol–water partition coefficient (Wildman–Crippen LogP) is 2.42. The minimum atomic E-state index is 0.267. The zero-order valence-electron chi connectivity index (χ0n) is 12.1. The number of methoxy groups -OCH3 is 1. The Morgan fingerprint density at radius 1 is 1.37 bits per heavy atom. The molecular formula is C15H22N2O2. The first-order valence-electron chi connectivity index (χ1n) is 6.44. The standard InChI is InChI=1S/C15H22N2O2/c1-12(2)19-8-7-17(3)11-13-5-6-14(10-16)15(9-13)18-4/h5-6,9,12H,7-8,11H2,1-4H3. The van der Waals surface area contributed by atoms with Gasteiger partial charge in [-0.15, -0.1) is 0 Å². The molecule has 104 valence electrons. The van der Waals surface area contributed by atoms with Crippen LogP contribution in [0.15, 0.2) is 18.2 Å². The van der Waals surface area contributed by atoms with Gasteiger partial charge in [0.1, 0.15) is 11.8 Å². The van der Waals surface area contributed by atoms with E-state index >= 15 is 0 Å². The third-order valence-electron chi connectivity index (χ3n) is 2.76. The fraction of sp³-hybridized carbons (Fsp3) is 0.533. The summed E-state index contributed by atoms with van der Waals surface area (Å²) in [5.41, 5.74) is 1.69. The van der Waals surface area contributed by atoms with Crippen molar-refractivity contribution in [2.45, 2.75) is 26.5 Å². The largest absolute Gasteiger partial charge is 0.495 e. The highest BCUT2D eigenvalue weighted by Gasteiger charge is 2.06. The Balaban J connectivity index is 2.55. The Labute approximate surface area is 115 Å². The summed E-state index contributed by atoms with van der Waals surface area (Å²) in [6.45, 7) is 6.47. The molecule has 0 aliphatic carbocycles. The van der Waals surface area contributed by atoms with Crippen LogP contribution in [0.1, 0.15) is 25.0 Å². The topological polar surface area (TPSA) is 45.5 Å². The van der Waals surface area contributed by atoms with Crippen LogP contribution in [0.4, 0.5) is 0 Å². The fourth-order valence-corrected chi connectivity index (χ4v) is 1.76. The van der Waals surface area contributed by atoms with Gasteiger partial charge in [-0.1, -0.05) is 6.07 Å². The first kappa shape index (κ1) is 15.5. The van der Waals surface area contributed by atoms with Crippen molar-refractivity contribution in [3.8, 4) is 11.8 Å². The third kappa shape index (κ3) is 5.29. The molecule has 0 aliphatic heterocycles. The molecule has 1 aromatic carbocycles. The molecule has 0 N–H and O–H groups in total. The lowest BCUT2D eigenvalue weighted by Gasteiger charge is -2.18. The summed E-state index contributed by atoms with van der Waals surface area (Å²) < 4.78 is 10.7. The van der Waals surface area contributed by atoms with E-state index in [1.165, 1.54) is 0 Å². The first-order valence-corrected chi connectivity index (χ1v) is 6.44. The molecule has 0 aliphatic rings. The maximum Gasteiger partial charge on any atom is 0.136 e. The third-order valence-corrected chi connectivity index (χ3v) is 2.76. The molecule has 0 saturated heterocycles. The average molecular weight is 262 g/mol. The summed E-state index contributed by atoms with van der Waals surface area (Å²) in [7, 11) is 3.63. The molecule has 1 rings (SSSR count). The molecular weight excluding hydrogens is 240 g/mol. The van der Waals surface area contributed by atoms with Crippen LogP contribution in [-0.4, -0.2) is 38.3 Å². The lowest BCUT2D eigenvalue weighted by molar-refractivity contribution is 0.0627. The van der Waals surface area contributed by atoms with Crippen LogP contribution in [0.5, 0.6) is 5.75 Å². The lowest BCUT2D eigenvalue weighted by atomic mass is 10.1. The van der Waals surface area contributed by atoms with Gasteiger partial charge in [-0.25, -0.2) is 0 Å². The Morgan fingerprint density at radius 2 is 2.11 bits per heavy atom. The zero-order chi connectivity index (χ0) is 14.3. The average Bonchev–Trinajstić information content (AvgIpc) is 2.38. The van der Waals surface area contributed by atoms with Crippen LogP contribution in [0.3, 0.4) is 0 Å². The van der Waals surface area contributed by atoms with Crippen molar-refractivity contribution >= 4 is 0 Å². The smallest absolute Gasteiger partial charge is 0.136 e. The molecule has 0 unspecified atom stereocenters. The van der Waals surface area contributed by atoms with Crippen molar-refractivity contribution in [1.29, 1.82) is 5.26 Å². The number of hydrogen-bond donors (Lipinski definition) is 0. The molecule has 0 saturated carbocycles. The van der Waals surface area contributed by atoms with E-state index in [1.807, 2.05) is 33.0 Å². The van der Waals surface area contributed by atoms with Gasteiger partial charge in [-0.05, 0) is 38.6 Å². The second-order valence-electron chi connectivity index (χ2n) is 4.80. The number of nitriles is 1. The van der Waals surface area contributed by atoms with Gasteiger partial charge in [0.2, 0.25) is 0 Å². The van der Waals surface area contributed by atoms with E-state index < -0.39 is 0 Å². The quantitative estimate of drug-likeness (QED) is 0.757. The fourth-order valence-electron chi connectivity index (χ4n) is 1.76. The highest BCUT2D eigenvalue weighted by molar-refractivity contribution is 5.45. The number of benzene rings is 1. The second-order valence-corrected chi connectivity index (χ2v) is 4.80. The lowest BCUT2D eigenvalue weighted by Crippen LogP contribution is -2.24. The molecule has 1 aromatic rings. The first-order chi connectivity index (χ1) is 9.06. The summed E-state index contributed by atoms with van der Waals surface area (Å²) in [5.74, 6) is 0.631. The van der Waals surface area contributed by atoms with Crippen LogP contribution >= 0.6 is 0 Å². The molecule has 0 heterocycles. The molecule has 4 heteroatoms. The van der Waals surface area contributed by atoms with E-state index in [-0.39, 0.29) is 6.10 Å². The van der Waals surface area contributed by atoms with Gasteiger partial charge >= 0.3 is 0 Å². The normalized spacial score (nSPS) is 10.8. The van der Waals surface area contributed by atoms with Crippen LogP contribution < -0.4 is 4.74 Å². The molecule has 19 heavy (non-hydrogen) atoms. The summed E-state index contributed by atoms with van der Waals surface area (Å²) in [6.07, 6.45) is 0.267. The van der Waals surface area contributed by atoms with E-state index in [0.717, 1.165) is 25.3 Å². The molecule has 4 nitrogen and oxygen atoms in total. The predicted molar refractivity (Wildman–Crippen MR) is 75.1 cm³/mol. The SMILES string of the molecule is COc1cc(CN(C)CCOC(C)C)ccc1C#N. The number of likely N-dealkylation sites (N-methyl/N-ethyl adjacent to an activating group) is 1. The van der Waals surface area contributed by atoms with Gasteiger partial charge in [0.05, 0.1) is 25.4 Å². The Bertz CT molecular complexity index is 438. The Hall–Kier alpha value is -1.57. The molecule has 0 spiro atoms. The molecule has 0 bridgehead atoms. The molecule has 0 aromatic heterocycles.